The minimum atomic E-state index is -0.250. The molecule has 1 aliphatic heterocycles. The number of rotatable bonds is 2. The van der Waals surface area contributed by atoms with Crippen LogP contribution in [-0.4, -0.2) is 42.3 Å². The highest BCUT2D eigenvalue weighted by Gasteiger charge is 2.36. The maximum Gasteiger partial charge on any atom is 0.102 e. The fourth-order valence-electron chi connectivity index (χ4n) is 1.80. The number of piperazine rings is 1. The molecule has 13 heavy (non-hydrogen) atoms. The summed E-state index contributed by atoms with van der Waals surface area (Å²) >= 11 is 0. The standard InChI is InChI=1S/C10H21FN2/c1-9(2)8-13(6-5-11)10(3,4)7-12-9/h12H,5-8H2,1-4H3. The molecule has 1 N–H and O–H groups in total. The minimum absolute atomic E-state index is 0.0849. The molecule has 0 aromatic rings. The molecular formula is C10H21FN2. The molecule has 1 fully saturated rings. The van der Waals surface area contributed by atoms with E-state index < -0.39 is 0 Å². The monoisotopic (exact) mass is 188 g/mol. The Kier molecular flexibility index (Phi) is 2.98. The molecule has 0 unspecified atom stereocenters. The van der Waals surface area contributed by atoms with Crippen molar-refractivity contribution in [3.8, 4) is 0 Å². The second-order valence-electron chi connectivity index (χ2n) is 5.16. The molecule has 0 radical (unpaired) electrons. The molecule has 0 atom stereocenters. The SMILES string of the molecule is CC1(C)CN(CCF)C(C)(C)CN1. The highest BCUT2D eigenvalue weighted by Crippen LogP contribution is 2.22. The Hall–Kier alpha value is -0.150. The van der Waals surface area contributed by atoms with Crippen LogP contribution in [0.3, 0.4) is 0 Å². The van der Waals surface area contributed by atoms with E-state index in [0.717, 1.165) is 13.1 Å². The van der Waals surface area contributed by atoms with Gasteiger partial charge in [0.05, 0.1) is 0 Å². The van der Waals surface area contributed by atoms with Gasteiger partial charge in [0.15, 0.2) is 0 Å². The molecular weight excluding hydrogens is 167 g/mol. The minimum Gasteiger partial charge on any atom is -0.309 e. The van der Waals surface area contributed by atoms with Gasteiger partial charge in [-0.3, -0.25) is 4.90 Å². The van der Waals surface area contributed by atoms with Crippen molar-refractivity contribution in [1.29, 1.82) is 0 Å². The summed E-state index contributed by atoms with van der Waals surface area (Å²) in [6, 6.07) is 0. The van der Waals surface area contributed by atoms with E-state index in [9.17, 15) is 4.39 Å². The Balaban J connectivity index is 2.64. The molecule has 0 aliphatic carbocycles. The van der Waals surface area contributed by atoms with Gasteiger partial charge < -0.3 is 5.32 Å². The number of nitrogens with one attached hydrogen (secondary N) is 1. The van der Waals surface area contributed by atoms with E-state index in [-0.39, 0.29) is 17.8 Å². The Morgan fingerprint density at radius 1 is 1.31 bits per heavy atom. The lowest BCUT2D eigenvalue weighted by atomic mass is 9.91. The second kappa shape index (κ2) is 3.54. The lowest BCUT2D eigenvalue weighted by Gasteiger charge is -2.49. The van der Waals surface area contributed by atoms with E-state index >= 15 is 0 Å². The zero-order chi connectivity index (χ0) is 10.1. The van der Waals surface area contributed by atoms with Crippen molar-refractivity contribution in [2.45, 2.75) is 38.8 Å². The predicted octanol–water partition coefficient (Wildman–Crippen LogP) is 1.42. The van der Waals surface area contributed by atoms with Crippen LogP contribution < -0.4 is 5.32 Å². The maximum absolute atomic E-state index is 12.3. The van der Waals surface area contributed by atoms with Gasteiger partial charge in [-0.05, 0) is 27.7 Å². The first-order valence-corrected chi connectivity index (χ1v) is 4.93. The van der Waals surface area contributed by atoms with Crippen LogP contribution in [0.25, 0.3) is 0 Å². The van der Waals surface area contributed by atoms with Crippen LogP contribution in [0.15, 0.2) is 0 Å². The van der Waals surface area contributed by atoms with Crippen molar-refractivity contribution in [3.05, 3.63) is 0 Å². The lowest BCUT2D eigenvalue weighted by molar-refractivity contribution is 0.0347. The van der Waals surface area contributed by atoms with Crippen LogP contribution in [0.1, 0.15) is 27.7 Å². The number of alkyl halides is 1. The summed E-state index contributed by atoms with van der Waals surface area (Å²) in [7, 11) is 0. The first kappa shape index (κ1) is 10.9. The highest BCUT2D eigenvalue weighted by molar-refractivity contribution is 4.97. The van der Waals surface area contributed by atoms with Crippen molar-refractivity contribution < 1.29 is 4.39 Å². The Morgan fingerprint density at radius 2 is 1.92 bits per heavy atom. The third-order valence-corrected chi connectivity index (χ3v) is 2.80. The van der Waals surface area contributed by atoms with Gasteiger partial charge in [-0.1, -0.05) is 0 Å². The lowest BCUT2D eigenvalue weighted by Crippen LogP contribution is -2.66. The molecule has 2 nitrogen and oxygen atoms in total. The number of hydrogen-bond donors (Lipinski definition) is 1. The van der Waals surface area contributed by atoms with E-state index in [2.05, 4.69) is 37.9 Å². The average Bonchev–Trinajstić information content (AvgIpc) is 1.99. The number of hydrogen-bond acceptors (Lipinski definition) is 2. The smallest absolute Gasteiger partial charge is 0.102 e. The molecule has 0 amide bonds. The molecule has 0 saturated carbocycles. The molecule has 1 heterocycles. The third kappa shape index (κ3) is 2.64. The van der Waals surface area contributed by atoms with Gasteiger partial charge in [0, 0.05) is 30.7 Å². The van der Waals surface area contributed by atoms with Crippen LogP contribution in [0, 0.1) is 0 Å². The van der Waals surface area contributed by atoms with Gasteiger partial charge in [-0.25, -0.2) is 4.39 Å². The largest absolute Gasteiger partial charge is 0.309 e. The van der Waals surface area contributed by atoms with Crippen LogP contribution in [0.4, 0.5) is 4.39 Å². The third-order valence-electron chi connectivity index (χ3n) is 2.80. The van der Waals surface area contributed by atoms with Gasteiger partial charge in [0.1, 0.15) is 6.67 Å². The van der Waals surface area contributed by atoms with Crippen molar-refractivity contribution in [1.82, 2.24) is 10.2 Å². The van der Waals surface area contributed by atoms with Gasteiger partial charge in [-0.15, -0.1) is 0 Å². The predicted molar refractivity (Wildman–Crippen MR) is 53.7 cm³/mol. The molecule has 1 aliphatic rings. The zero-order valence-corrected chi connectivity index (χ0v) is 9.15. The van der Waals surface area contributed by atoms with E-state index in [1.54, 1.807) is 0 Å². The summed E-state index contributed by atoms with van der Waals surface area (Å²) in [5.74, 6) is 0. The van der Waals surface area contributed by atoms with Crippen LogP contribution >= 0.6 is 0 Å². The highest BCUT2D eigenvalue weighted by atomic mass is 19.1. The van der Waals surface area contributed by atoms with Crippen LogP contribution in [0.5, 0.6) is 0 Å². The molecule has 1 saturated heterocycles. The molecule has 0 aromatic carbocycles. The summed E-state index contributed by atoms with van der Waals surface area (Å²) in [6.07, 6.45) is 0. The van der Waals surface area contributed by atoms with Gasteiger partial charge in [0.25, 0.3) is 0 Å². The van der Waals surface area contributed by atoms with Crippen LogP contribution in [0.2, 0.25) is 0 Å². The normalized spacial score (nSPS) is 27.5. The topological polar surface area (TPSA) is 15.3 Å². The van der Waals surface area contributed by atoms with Crippen molar-refractivity contribution in [2.24, 2.45) is 0 Å². The molecule has 0 aromatic heterocycles. The second-order valence-corrected chi connectivity index (χ2v) is 5.16. The number of halogens is 1. The van der Waals surface area contributed by atoms with Crippen molar-refractivity contribution in [3.63, 3.8) is 0 Å². The van der Waals surface area contributed by atoms with Gasteiger partial charge in [0.2, 0.25) is 0 Å². The van der Waals surface area contributed by atoms with Crippen molar-refractivity contribution >= 4 is 0 Å². The average molecular weight is 188 g/mol. The molecule has 78 valence electrons. The number of nitrogens with zero attached hydrogens (tertiary/aromatic N) is 1. The quantitative estimate of drug-likeness (QED) is 0.705. The first-order valence-electron chi connectivity index (χ1n) is 4.93. The summed E-state index contributed by atoms with van der Waals surface area (Å²) < 4.78 is 12.3. The van der Waals surface area contributed by atoms with E-state index in [4.69, 9.17) is 0 Å². The summed E-state index contributed by atoms with van der Waals surface area (Å²) in [5, 5.41) is 3.47. The fraction of sp³-hybridized carbons (Fsp3) is 1.00. The van der Waals surface area contributed by atoms with Crippen LogP contribution in [-0.2, 0) is 0 Å². The summed E-state index contributed by atoms with van der Waals surface area (Å²) in [4.78, 5) is 2.23. The Labute approximate surface area is 80.5 Å². The molecule has 3 heteroatoms. The Morgan fingerprint density at radius 3 is 2.46 bits per heavy atom. The molecule has 0 bridgehead atoms. The van der Waals surface area contributed by atoms with Gasteiger partial charge in [-0.2, -0.15) is 0 Å². The summed E-state index contributed by atoms with van der Waals surface area (Å²) in [6.45, 7) is 10.8. The van der Waals surface area contributed by atoms with E-state index in [1.165, 1.54) is 0 Å². The summed E-state index contributed by atoms with van der Waals surface area (Å²) in [5.41, 5.74) is 0.201. The Bertz CT molecular complexity index is 178. The van der Waals surface area contributed by atoms with Crippen molar-refractivity contribution in [2.75, 3.05) is 26.3 Å². The maximum atomic E-state index is 12.3. The van der Waals surface area contributed by atoms with E-state index in [1.807, 2.05) is 0 Å². The van der Waals surface area contributed by atoms with E-state index in [0.29, 0.717) is 6.54 Å². The van der Waals surface area contributed by atoms with Gasteiger partial charge >= 0.3 is 0 Å². The molecule has 1 rings (SSSR count). The zero-order valence-electron chi connectivity index (χ0n) is 9.15. The fourth-order valence-corrected chi connectivity index (χ4v) is 1.80. The first-order chi connectivity index (χ1) is 5.87. The molecule has 0 spiro atoms.